The van der Waals surface area contributed by atoms with Gasteiger partial charge in [-0.05, 0) is 36.1 Å². The highest BCUT2D eigenvalue weighted by Crippen LogP contribution is 2.46. The van der Waals surface area contributed by atoms with E-state index in [1.165, 1.54) is 18.2 Å². The zero-order valence-electron chi connectivity index (χ0n) is 14.0. The molecule has 128 valence electrons. The van der Waals surface area contributed by atoms with Crippen LogP contribution in [0, 0.1) is 34.9 Å². The predicted molar refractivity (Wildman–Crippen MR) is 89.2 cm³/mol. The van der Waals surface area contributed by atoms with Crippen molar-refractivity contribution >= 4 is 5.97 Å². The molecule has 0 aliphatic heterocycles. The largest absolute Gasteiger partial charge is 0.454 e. The fourth-order valence-corrected chi connectivity index (χ4v) is 2.83. The monoisotopic (exact) mass is 339 g/mol. The minimum Gasteiger partial charge on any atom is -0.454 e. The van der Waals surface area contributed by atoms with E-state index in [-0.39, 0.29) is 29.5 Å². The minimum atomic E-state index is -1.09. The SMILES string of the molecule is CC1C(C)C1C(=O)O[C@H](C#N)c1ccc(F)c(Oc2ccccc2)c1. The van der Waals surface area contributed by atoms with Gasteiger partial charge in [-0.2, -0.15) is 5.26 Å². The van der Waals surface area contributed by atoms with Crippen LogP contribution in [0.4, 0.5) is 4.39 Å². The van der Waals surface area contributed by atoms with Crippen molar-refractivity contribution < 1.29 is 18.7 Å². The molecule has 0 spiro atoms. The highest BCUT2D eigenvalue weighted by molar-refractivity contribution is 5.76. The van der Waals surface area contributed by atoms with Crippen LogP contribution in [0.2, 0.25) is 0 Å². The van der Waals surface area contributed by atoms with Crippen molar-refractivity contribution in [2.75, 3.05) is 0 Å². The highest BCUT2D eigenvalue weighted by atomic mass is 19.1. The van der Waals surface area contributed by atoms with E-state index in [0.717, 1.165) is 0 Å². The summed E-state index contributed by atoms with van der Waals surface area (Å²) in [4.78, 5) is 12.1. The molecule has 3 atom stereocenters. The summed E-state index contributed by atoms with van der Waals surface area (Å²) in [6.45, 7) is 3.95. The van der Waals surface area contributed by atoms with Gasteiger partial charge >= 0.3 is 5.97 Å². The third-order valence-corrected chi connectivity index (χ3v) is 4.67. The Balaban J connectivity index is 1.78. The van der Waals surface area contributed by atoms with Gasteiger partial charge in [0.1, 0.15) is 11.8 Å². The van der Waals surface area contributed by atoms with Crippen LogP contribution in [0.15, 0.2) is 48.5 Å². The van der Waals surface area contributed by atoms with Gasteiger partial charge in [-0.1, -0.05) is 38.1 Å². The third-order valence-electron chi connectivity index (χ3n) is 4.67. The fraction of sp³-hybridized carbons (Fsp3) is 0.300. The molecule has 0 saturated heterocycles. The number of nitriles is 1. The summed E-state index contributed by atoms with van der Waals surface area (Å²) in [7, 11) is 0. The molecule has 4 nitrogen and oxygen atoms in total. The van der Waals surface area contributed by atoms with Gasteiger partial charge in [-0.15, -0.1) is 0 Å². The number of carbonyl (C=O) groups is 1. The normalized spacial score (nSPS) is 22.6. The number of benzene rings is 2. The molecule has 1 aliphatic carbocycles. The molecule has 0 heterocycles. The molecule has 1 saturated carbocycles. The molecule has 5 heteroatoms. The Labute approximate surface area is 145 Å². The molecule has 2 unspecified atom stereocenters. The maximum absolute atomic E-state index is 14.0. The van der Waals surface area contributed by atoms with E-state index >= 15 is 0 Å². The third kappa shape index (κ3) is 3.63. The summed E-state index contributed by atoms with van der Waals surface area (Å²) in [5, 5.41) is 9.35. The van der Waals surface area contributed by atoms with Gasteiger partial charge in [0.15, 0.2) is 11.6 Å². The van der Waals surface area contributed by atoms with Gasteiger partial charge in [0.2, 0.25) is 6.10 Å². The van der Waals surface area contributed by atoms with Crippen LogP contribution in [0.1, 0.15) is 25.5 Å². The lowest BCUT2D eigenvalue weighted by molar-refractivity contribution is -0.149. The van der Waals surface area contributed by atoms with E-state index in [1.807, 2.05) is 26.0 Å². The van der Waals surface area contributed by atoms with Crippen LogP contribution in [0.3, 0.4) is 0 Å². The molecule has 2 aromatic carbocycles. The first kappa shape index (κ1) is 17.0. The lowest BCUT2D eigenvalue weighted by Crippen LogP contribution is -2.13. The van der Waals surface area contributed by atoms with Gasteiger partial charge < -0.3 is 9.47 Å². The topological polar surface area (TPSA) is 59.3 Å². The first-order valence-corrected chi connectivity index (χ1v) is 8.13. The Hall–Kier alpha value is -2.87. The quantitative estimate of drug-likeness (QED) is 0.745. The van der Waals surface area contributed by atoms with Crippen LogP contribution in [0.5, 0.6) is 11.5 Å². The number of para-hydroxylation sites is 1. The zero-order chi connectivity index (χ0) is 18.0. The number of nitrogens with zero attached hydrogens (tertiary/aromatic N) is 1. The van der Waals surface area contributed by atoms with Gasteiger partial charge in [-0.3, -0.25) is 4.79 Å². The fourth-order valence-electron chi connectivity index (χ4n) is 2.83. The highest BCUT2D eigenvalue weighted by Gasteiger charge is 2.50. The average Bonchev–Trinajstić information content (AvgIpc) is 3.22. The standard InChI is InChI=1S/C20H18FNO3/c1-12-13(2)19(12)20(23)25-18(11-22)14-8-9-16(21)17(10-14)24-15-6-4-3-5-7-15/h3-10,12-13,18-19H,1-2H3/t12?,13?,18-,19?/m1/s1. The second kappa shape index (κ2) is 6.94. The van der Waals surface area contributed by atoms with E-state index < -0.39 is 11.9 Å². The van der Waals surface area contributed by atoms with Gasteiger partial charge in [-0.25, -0.2) is 4.39 Å². The number of hydrogen-bond acceptors (Lipinski definition) is 4. The second-order valence-corrected chi connectivity index (χ2v) is 6.30. The molecule has 1 fully saturated rings. The molecule has 2 aromatic rings. The summed E-state index contributed by atoms with van der Waals surface area (Å²) >= 11 is 0. The first-order chi connectivity index (χ1) is 12.0. The molecule has 0 amide bonds. The summed E-state index contributed by atoms with van der Waals surface area (Å²) in [6, 6.07) is 14.7. The van der Waals surface area contributed by atoms with Crippen LogP contribution >= 0.6 is 0 Å². The maximum atomic E-state index is 14.0. The second-order valence-electron chi connectivity index (χ2n) is 6.30. The number of hydrogen-bond donors (Lipinski definition) is 0. The van der Waals surface area contributed by atoms with Crippen molar-refractivity contribution in [3.63, 3.8) is 0 Å². The lowest BCUT2D eigenvalue weighted by atomic mass is 10.1. The molecule has 0 radical (unpaired) electrons. The summed E-state index contributed by atoms with van der Waals surface area (Å²) in [5.74, 6) is -0.135. The van der Waals surface area contributed by atoms with E-state index in [1.54, 1.807) is 24.3 Å². The van der Waals surface area contributed by atoms with Crippen molar-refractivity contribution in [2.24, 2.45) is 17.8 Å². The Morgan fingerprint density at radius 1 is 1.16 bits per heavy atom. The van der Waals surface area contributed by atoms with Crippen LogP contribution in [-0.4, -0.2) is 5.97 Å². The van der Waals surface area contributed by atoms with Gasteiger partial charge in [0.25, 0.3) is 0 Å². The smallest absolute Gasteiger partial charge is 0.311 e. The van der Waals surface area contributed by atoms with Crippen LogP contribution in [0.25, 0.3) is 0 Å². The molecule has 25 heavy (non-hydrogen) atoms. The Morgan fingerprint density at radius 3 is 2.44 bits per heavy atom. The van der Waals surface area contributed by atoms with Crippen molar-refractivity contribution in [1.29, 1.82) is 5.26 Å². The van der Waals surface area contributed by atoms with Gasteiger partial charge in [0.05, 0.1) is 5.92 Å². The molecule has 1 aliphatic rings. The molecule has 0 aromatic heterocycles. The Bertz CT molecular complexity index is 807. The number of esters is 1. The number of rotatable bonds is 5. The maximum Gasteiger partial charge on any atom is 0.311 e. The van der Waals surface area contributed by atoms with Crippen LogP contribution in [-0.2, 0) is 9.53 Å². The molecule has 0 N–H and O–H groups in total. The van der Waals surface area contributed by atoms with Crippen molar-refractivity contribution in [3.05, 3.63) is 59.9 Å². The van der Waals surface area contributed by atoms with E-state index in [0.29, 0.717) is 11.3 Å². The number of ether oxygens (including phenoxy) is 2. The average molecular weight is 339 g/mol. The molecule has 0 bridgehead atoms. The van der Waals surface area contributed by atoms with Crippen LogP contribution < -0.4 is 4.74 Å². The zero-order valence-corrected chi connectivity index (χ0v) is 14.0. The van der Waals surface area contributed by atoms with Crippen molar-refractivity contribution in [1.82, 2.24) is 0 Å². The van der Waals surface area contributed by atoms with E-state index in [2.05, 4.69) is 0 Å². The molecular formula is C20H18FNO3. The Kier molecular flexibility index (Phi) is 4.71. The number of carbonyl (C=O) groups excluding carboxylic acids is 1. The molecular weight excluding hydrogens is 321 g/mol. The molecule has 3 rings (SSSR count). The summed E-state index contributed by atoms with van der Waals surface area (Å²) in [6.07, 6.45) is -1.09. The number of halogens is 1. The van der Waals surface area contributed by atoms with Crippen molar-refractivity contribution in [3.8, 4) is 17.6 Å². The minimum absolute atomic E-state index is 0.0202. The summed E-state index contributed by atoms with van der Waals surface area (Å²) in [5.41, 5.74) is 0.379. The Morgan fingerprint density at radius 2 is 1.84 bits per heavy atom. The first-order valence-electron chi connectivity index (χ1n) is 8.13. The van der Waals surface area contributed by atoms with E-state index in [9.17, 15) is 14.4 Å². The van der Waals surface area contributed by atoms with Gasteiger partial charge in [0, 0.05) is 5.56 Å². The van der Waals surface area contributed by atoms with E-state index in [4.69, 9.17) is 9.47 Å². The van der Waals surface area contributed by atoms with Crippen molar-refractivity contribution in [2.45, 2.75) is 20.0 Å². The summed E-state index contributed by atoms with van der Waals surface area (Å²) < 4.78 is 24.8. The lowest BCUT2D eigenvalue weighted by Gasteiger charge is -2.13. The predicted octanol–water partition coefficient (Wildman–Crippen LogP) is 4.63.